The third-order valence-electron chi connectivity index (χ3n) is 3.45. The van der Waals surface area contributed by atoms with Crippen molar-refractivity contribution in [1.29, 1.82) is 0 Å². The molecule has 0 aliphatic rings. The normalized spacial score (nSPS) is 9.71. The zero-order valence-electron chi connectivity index (χ0n) is 13.6. The van der Waals surface area contributed by atoms with E-state index < -0.39 is 0 Å². The second-order valence-corrected chi connectivity index (χ2v) is 5.19. The summed E-state index contributed by atoms with van der Waals surface area (Å²) < 4.78 is 1.84. The molecular formula is C16H25Cl2N5O. The molecule has 0 aromatic carbocycles. The maximum atomic E-state index is 11.9. The molecule has 0 aliphatic carbocycles. The molecule has 2 heterocycles. The fourth-order valence-electron chi connectivity index (χ4n) is 2.25. The lowest BCUT2D eigenvalue weighted by molar-refractivity contribution is -0.121. The van der Waals surface area contributed by atoms with Crippen molar-refractivity contribution in [2.24, 2.45) is 5.73 Å². The fraction of sp³-hybridized carbons (Fsp3) is 0.438. The van der Waals surface area contributed by atoms with E-state index in [-0.39, 0.29) is 30.7 Å². The van der Waals surface area contributed by atoms with Crippen molar-refractivity contribution < 1.29 is 4.79 Å². The van der Waals surface area contributed by atoms with Gasteiger partial charge in [0.15, 0.2) is 0 Å². The molecule has 3 N–H and O–H groups in total. The second-order valence-electron chi connectivity index (χ2n) is 5.19. The minimum Gasteiger partial charge on any atom is -0.352 e. The molecule has 0 saturated heterocycles. The number of rotatable bonds is 9. The van der Waals surface area contributed by atoms with E-state index in [9.17, 15) is 4.79 Å². The molecule has 0 unspecified atom stereocenters. The molecule has 24 heavy (non-hydrogen) atoms. The molecule has 0 atom stereocenters. The summed E-state index contributed by atoms with van der Waals surface area (Å²) in [5.41, 5.74) is 6.41. The number of hydrogen-bond acceptors (Lipinski definition) is 4. The van der Waals surface area contributed by atoms with Crippen LogP contribution in [0.25, 0.3) is 5.82 Å². The van der Waals surface area contributed by atoms with Gasteiger partial charge >= 0.3 is 0 Å². The monoisotopic (exact) mass is 373 g/mol. The van der Waals surface area contributed by atoms with Crippen molar-refractivity contribution >= 4 is 30.7 Å². The molecule has 8 heteroatoms. The minimum atomic E-state index is 0. The van der Waals surface area contributed by atoms with Gasteiger partial charge in [0.05, 0.1) is 0 Å². The quantitative estimate of drug-likeness (QED) is 0.661. The van der Waals surface area contributed by atoms with Gasteiger partial charge in [-0.05, 0) is 25.5 Å². The highest BCUT2D eigenvalue weighted by molar-refractivity contribution is 5.85. The predicted octanol–water partition coefficient (Wildman–Crippen LogP) is 2.64. The van der Waals surface area contributed by atoms with Crippen LogP contribution in [0.2, 0.25) is 0 Å². The van der Waals surface area contributed by atoms with Crippen LogP contribution in [0.4, 0.5) is 0 Å². The molecule has 1 amide bonds. The largest absolute Gasteiger partial charge is 0.352 e. The summed E-state index contributed by atoms with van der Waals surface area (Å²) in [6.07, 6.45) is 11.6. The number of unbranched alkanes of at least 4 members (excludes halogenated alkanes) is 3. The first-order valence-electron chi connectivity index (χ1n) is 7.70. The summed E-state index contributed by atoms with van der Waals surface area (Å²) in [7, 11) is 0. The molecule has 2 rings (SSSR count). The number of carbonyl (C=O) groups excluding carboxylic acids is 1. The van der Waals surface area contributed by atoms with Crippen molar-refractivity contribution in [1.82, 2.24) is 19.9 Å². The average molecular weight is 374 g/mol. The topological polar surface area (TPSA) is 85.8 Å². The van der Waals surface area contributed by atoms with Gasteiger partial charge in [0.25, 0.3) is 0 Å². The van der Waals surface area contributed by atoms with E-state index in [0.29, 0.717) is 13.0 Å². The number of nitrogens with zero attached hydrogens (tertiary/aromatic N) is 3. The van der Waals surface area contributed by atoms with Gasteiger partial charge in [-0.25, -0.2) is 9.97 Å². The first-order valence-corrected chi connectivity index (χ1v) is 7.70. The molecule has 2 aromatic heterocycles. The molecule has 0 saturated carbocycles. The highest BCUT2D eigenvalue weighted by Gasteiger charge is 2.07. The van der Waals surface area contributed by atoms with Gasteiger partial charge in [0.1, 0.15) is 12.1 Å². The smallest absolute Gasteiger partial charge is 0.220 e. The van der Waals surface area contributed by atoms with Gasteiger partial charge in [-0.2, -0.15) is 0 Å². The Bertz CT molecular complexity index is 578. The van der Waals surface area contributed by atoms with Crippen LogP contribution in [0.5, 0.6) is 0 Å². The van der Waals surface area contributed by atoms with Crippen LogP contribution < -0.4 is 11.1 Å². The second kappa shape index (κ2) is 12.8. The maximum absolute atomic E-state index is 11.9. The summed E-state index contributed by atoms with van der Waals surface area (Å²) in [4.78, 5) is 20.3. The summed E-state index contributed by atoms with van der Waals surface area (Å²) in [5.74, 6) is 0.872. The van der Waals surface area contributed by atoms with E-state index in [1.807, 2.05) is 22.9 Å². The number of pyridine rings is 1. The Labute approximate surface area is 155 Å². The Morgan fingerprint density at radius 3 is 2.67 bits per heavy atom. The molecule has 0 fully saturated rings. The first-order chi connectivity index (χ1) is 10.8. The van der Waals surface area contributed by atoms with Crippen LogP contribution >= 0.6 is 24.8 Å². The number of carbonyl (C=O) groups is 1. The van der Waals surface area contributed by atoms with Crippen LogP contribution in [-0.2, 0) is 11.3 Å². The lowest BCUT2D eigenvalue weighted by Crippen LogP contribution is -2.23. The minimum absolute atomic E-state index is 0. The number of imidazole rings is 1. The molecule has 2 aromatic rings. The van der Waals surface area contributed by atoms with Crippen molar-refractivity contribution in [3.8, 4) is 5.82 Å². The predicted molar refractivity (Wildman–Crippen MR) is 99.8 cm³/mol. The number of aromatic nitrogens is 3. The Morgan fingerprint density at radius 1 is 1.17 bits per heavy atom. The number of halogens is 2. The summed E-state index contributed by atoms with van der Waals surface area (Å²) in [5, 5.41) is 2.95. The van der Waals surface area contributed by atoms with Crippen LogP contribution in [0.15, 0.2) is 37.1 Å². The van der Waals surface area contributed by atoms with E-state index in [2.05, 4.69) is 15.3 Å². The van der Waals surface area contributed by atoms with Crippen LogP contribution in [0.1, 0.15) is 37.7 Å². The van der Waals surface area contributed by atoms with Crippen LogP contribution in [-0.4, -0.2) is 27.0 Å². The van der Waals surface area contributed by atoms with E-state index in [0.717, 1.165) is 43.6 Å². The third-order valence-corrected chi connectivity index (χ3v) is 3.45. The Morgan fingerprint density at radius 2 is 1.96 bits per heavy atom. The van der Waals surface area contributed by atoms with E-state index in [1.165, 1.54) is 0 Å². The molecular weight excluding hydrogens is 349 g/mol. The van der Waals surface area contributed by atoms with Crippen LogP contribution in [0, 0.1) is 0 Å². The lowest BCUT2D eigenvalue weighted by Gasteiger charge is -2.10. The van der Waals surface area contributed by atoms with Gasteiger partial charge in [-0.15, -0.1) is 24.8 Å². The van der Waals surface area contributed by atoms with Gasteiger partial charge < -0.3 is 11.1 Å². The molecule has 134 valence electrons. The van der Waals surface area contributed by atoms with Gasteiger partial charge in [0.2, 0.25) is 5.91 Å². The molecule has 6 nitrogen and oxygen atoms in total. The zero-order chi connectivity index (χ0) is 15.6. The average Bonchev–Trinajstić information content (AvgIpc) is 3.07. The maximum Gasteiger partial charge on any atom is 0.220 e. The fourth-order valence-corrected chi connectivity index (χ4v) is 2.25. The summed E-state index contributed by atoms with van der Waals surface area (Å²) in [6.45, 7) is 1.20. The van der Waals surface area contributed by atoms with E-state index >= 15 is 0 Å². The third kappa shape index (κ3) is 7.29. The SMILES string of the molecule is Cl.Cl.NCCCCCCC(=O)NCc1cccnc1-n1ccnc1. The van der Waals surface area contributed by atoms with E-state index in [1.54, 1.807) is 18.7 Å². The molecule has 0 bridgehead atoms. The standard InChI is InChI=1S/C16H23N5O.2ClH/c17-8-4-2-1-3-7-15(22)20-12-14-6-5-9-19-16(14)21-11-10-18-13-21;;/h5-6,9-11,13H,1-4,7-8,12,17H2,(H,20,22);2*1H. The summed E-state index contributed by atoms with van der Waals surface area (Å²) in [6, 6.07) is 3.83. The highest BCUT2D eigenvalue weighted by atomic mass is 35.5. The van der Waals surface area contributed by atoms with Crippen molar-refractivity contribution in [2.45, 2.75) is 38.6 Å². The number of nitrogens with one attached hydrogen (secondary N) is 1. The lowest BCUT2D eigenvalue weighted by atomic mass is 10.1. The van der Waals surface area contributed by atoms with Gasteiger partial charge in [0, 0.05) is 37.1 Å². The van der Waals surface area contributed by atoms with Gasteiger partial charge in [-0.3, -0.25) is 9.36 Å². The molecule has 0 spiro atoms. The number of hydrogen-bond donors (Lipinski definition) is 2. The Hall–Kier alpha value is -1.63. The van der Waals surface area contributed by atoms with Crippen LogP contribution in [0.3, 0.4) is 0 Å². The van der Waals surface area contributed by atoms with E-state index in [4.69, 9.17) is 5.73 Å². The number of nitrogens with two attached hydrogens (primary N) is 1. The molecule has 0 aliphatic heterocycles. The van der Waals surface area contributed by atoms with Crippen molar-refractivity contribution in [2.75, 3.05) is 6.54 Å². The van der Waals surface area contributed by atoms with Crippen molar-refractivity contribution in [3.63, 3.8) is 0 Å². The first kappa shape index (κ1) is 22.4. The number of amides is 1. The summed E-state index contributed by atoms with van der Waals surface area (Å²) >= 11 is 0. The zero-order valence-corrected chi connectivity index (χ0v) is 15.2. The Kier molecular flexibility index (Phi) is 11.9. The van der Waals surface area contributed by atoms with Gasteiger partial charge in [-0.1, -0.05) is 18.9 Å². The molecule has 0 radical (unpaired) electrons. The Balaban J connectivity index is 0.00000264. The van der Waals surface area contributed by atoms with Crippen molar-refractivity contribution in [3.05, 3.63) is 42.6 Å². The highest BCUT2D eigenvalue weighted by Crippen LogP contribution is 2.11.